The third-order valence-corrected chi connectivity index (χ3v) is 8.98. The minimum atomic E-state index is -2.72. The first kappa shape index (κ1) is 18.1. The summed E-state index contributed by atoms with van der Waals surface area (Å²) in [7, 11) is 5.11. The van der Waals surface area contributed by atoms with Gasteiger partial charge in [0, 0.05) is 12.6 Å². The molecule has 1 fully saturated rings. The van der Waals surface area contributed by atoms with Gasteiger partial charge in [-0.2, -0.15) is 0 Å². The molecule has 0 amide bonds. The topological polar surface area (TPSA) is 26.8 Å². The predicted octanol–water partition coefficient (Wildman–Crippen LogP) is 4.40. The molecule has 3 rings (SSSR count). The van der Waals surface area contributed by atoms with Crippen molar-refractivity contribution in [1.82, 2.24) is 14.0 Å². The van der Waals surface area contributed by atoms with E-state index in [0.29, 0.717) is 5.92 Å². The third kappa shape index (κ3) is 3.10. The van der Waals surface area contributed by atoms with Gasteiger partial charge in [0.15, 0.2) is 0 Å². The molecule has 0 bridgehead atoms. The second kappa shape index (κ2) is 7.29. The molecule has 1 aromatic carbocycles. The lowest BCUT2D eigenvalue weighted by atomic mass is 9.78. The fourth-order valence-corrected chi connectivity index (χ4v) is 7.27. The molecule has 5 heteroatoms. The molecule has 0 N–H and O–H groups in total. The predicted molar refractivity (Wildman–Crippen MR) is 101 cm³/mol. The van der Waals surface area contributed by atoms with E-state index in [9.17, 15) is 4.57 Å². The van der Waals surface area contributed by atoms with Crippen molar-refractivity contribution in [3.63, 3.8) is 0 Å². The third-order valence-electron chi connectivity index (χ3n) is 5.78. The van der Waals surface area contributed by atoms with Crippen LogP contribution in [-0.2, 0) is 11.0 Å². The second-order valence-electron chi connectivity index (χ2n) is 7.66. The van der Waals surface area contributed by atoms with Crippen LogP contribution in [0.15, 0.2) is 24.3 Å². The summed E-state index contributed by atoms with van der Waals surface area (Å²) in [4.78, 5) is 0. The van der Waals surface area contributed by atoms with Crippen LogP contribution in [0.5, 0.6) is 0 Å². The van der Waals surface area contributed by atoms with Crippen LogP contribution in [0.3, 0.4) is 0 Å². The molecule has 1 atom stereocenters. The van der Waals surface area contributed by atoms with Crippen LogP contribution in [0.4, 0.5) is 0 Å². The van der Waals surface area contributed by atoms with Gasteiger partial charge in [0.05, 0.1) is 0 Å². The molecule has 1 aliphatic carbocycles. The number of fused-ring (bicyclic) bond motifs is 1. The molecule has 2 aliphatic rings. The molecule has 1 heterocycles. The Morgan fingerprint density at radius 3 is 2.25 bits per heavy atom. The molecule has 1 aliphatic heterocycles. The molecule has 1 unspecified atom stereocenters. The molecular weight excluding hydrogens is 317 g/mol. The molecule has 0 aromatic heterocycles. The van der Waals surface area contributed by atoms with Crippen molar-refractivity contribution in [3.8, 4) is 0 Å². The molecular formula is C19H32N3OP. The van der Waals surface area contributed by atoms with Crippen LogP contribution < -0.4 is 0 Å². The first-order chi connectivity index (χ1) is 11.5. The molecule has 4 nitrogen and oxygen atoms in total. The fraction of sp³-hybridized carbons (Fsp3) is 0.684. The maximum Gasteiger partial charge on any atom is 0.286 e. The Morgan fingerprint density at radius 2 is 1.62 bits per heavy atom. The molecule has 134 valence electrons. The van der Waals surface area contributed by atoms with Crippen LogP contribution in [-0.4, -0.2) is 48.7 Å². The van der Waals surface area contributed by atoms with Gasteiger partial charge >= 0.3 is 0 Å². The van der Waals surface area contributed by atoms with Gasteiger partial charge in [-0.15, -0.1) is 0 Å². The number of hydrogen-bond acceptors (Lipinski definition) is 1. The lowest BCUT2D eigenvalue weighted by Crippen LogP contribution is -2.43. The van der Waals surface area contributed by atoms with Crippen LogP contribution in [0.1, 0.15) is 49.3 Å². The Morgan fingerprint density at radius 1 is 1.00 bits per heavy atom. The quantitative estimate of drug-likeness (QED) is 0.753. The summed E-state index contributed by atoms with van der Waals surface area (Å²) in [6.45, 7) is 0.881. The molecule has 0 radical (unpaired) electrons. The van der Waals surface area contributed by atoms with Crippen molar-refractivity contribution < 1.29 is 4.57 Å². The van der Waals surface area contributed by atoms with Gasteiger partial charge < -0.3 is 0 Å². The van der Waals surface area contributed by atoms with Crippen molar-refractivity contribution in [2.75, 3.05) is 34.7 Å². The molecule has 0 saturated heterocycles. The zero-order valence-corrected chi connectivity index (χ0v) is 16.5. The van der Waals surface area contributed by atoms with Crippen LogP contribution >= 0.6 is 7.59 Å². The molecule has 24 heavy (non-hydrogen) atoms. The van der Waals surface area contributed by atoms with E-state index in [1.165, 1.54) is 43.2 Å². The molecule has 1 aromatic rings. The summed E-state index contributed by atoms with van der Waals surface area (Å²) in [5, 5.41) is 0. The van der Waals surface area contributed by atoms with E-state index in [1.807, 2.05) is 37.5 Å². The Bertz CT molecular complexity index is 598. The van der Waals surface area contributed by atoms with E-state index in [1.54, 1.807) is 0 Å². The van der Waals surface area contributed by atoms with Gasteiger partial charge in [0.1, 0.15) is 0 Å². The summed E-state index contributed by atoms with van der Waals surface area (Å²) >= 11 is 0. The van der Waals surface area contributed by atoms with Gasteiger partial charge in [-0.1, -0.05) is 43.5 Å². The SMILES string of the molecule is CN(C)P(=O)(N(C)C)N1CCc2ccccc2C1C1CCCCC1. The van der Waals surface area contributed by atoms with E-state index >= 15 is 0 Å². The smallest absolute Gasteiger partial charge is 0.270 e. The van der Waals surface area contributed by atoms with Crippen molar-refractivity contribution in [1.29, 1.82) is 0 Å². The standard InChI is InChI=1S/C19H32N3OP/c1-20(2)24(23,21(3)4)22-15-14-16-10-8-9-13-18(16)19(22)17-11-6-5-7-12-17/h8-10,13,17,19H,5-7,11-12,14-15H2,1-4H3. The summed E-state index contributed by atoms with van der Waals surface area (Å²) in [6.07, 6.45) is 7.48. The lowest BCUT2D eigenvalue weighted by molar-refractivity contribution is 0.164. The van der Waals surface area contributed by atoms with Gasteiger partial charge in [-0.3, -0.25) is 4.57 Å². The minimum Gasteiger partial charge on any atom is -0.270 e. The van der Waals surface area contributed by atoms with Gasteiger partial charge in [0.25, 0.3) is 7.59 Å². The number of hydrogen-bond donors (Lipinski definition) is 0. The van der Waals surface area contributed by atoms with Crippen molar-refractivity contribution in [2.24, 2.45) is 5.92 Å². The first-order valence-electron chi connectivity index (χ1n) is 9.27. The first-order valence-corrected chi connectivity index (χ1v) is 10.8. The van der Waals surface area contributed by atoms with E-state index in [-0.39, 0.29) is 6.04 Å². The van der Waals surface area contributed by atoms with Crippen LogP contribution in [0.2, 0.25) is 0 Å². The number of rotatable bonds is 4. The van der Waals surface area contributed by atoms with Crippen LogP contribution in [0, 0.1) is 5.92 Å². The normalized spacial score (nSPS) is 23.7. The second-order valence-corrected chi connectivity index (χ2v) is 10.8. The summed E-state index contributed by atoms with van der Waals surface area (Å²) in [6, 6.07) is 9.11. The fourth-order valence-electron chi connectivity index (χ4n) is 4.64. The van der Waals surface area contributed by atoms with E-state index < -0.39 is 7.59 Å². The Balaban J connectivity index is 2.06. The molecule has 0 spiro atoms. The van der Waals surface area contributed by atoms with Crippen LogP contribution in [0.25, 0.3) is 0 Å². The Hall–Kier alpha value is -0.670. The number of benzene rings is 1. The van der Waals surface area contributed by atoms with Gasteiger partial charge in [-0.25, -0.2) is 14.0 Å². The highest BCUT2D eigenvalue weighted by atomic mass is 31.2. The largest absolute Gasteiger partial charge is 0.286 e. The summed E-state index contributed by atoms with van der Waals surface area (Å²) in [5.41, 5.74) is 2.87. The van der Waals surface area contributed by atoms with Crippen molar-refractivity contribution in [3.05, 3.63) is 35.4 Å². The Kier molecular flexibility index (Phi) is 5.51. The Labute approximate surface area is 147 Å². The average Bonchev–Trinajstić information content (AvgIpc) is 2.60. The van der Waals surface area contributed by atoms with Crippen molar-refractivity contribution in [2.45, 2.75) is 44.6 Å². The lowest BCUT2D eigenvalue weighted by Gasteiger charge is -2.49. The highest BCUT2D eigenvalue weighted by Gasteiger charge is 2.45. The zero-order chi connectivity index (χ0) is 17.3. The number of nitrogens with zero attached hydrogens (tertiary/aromatic N) is 3. The maximum atomic E-state index is 14.0. The summed E-state index contributed by atoms with van der Waals surface area (Å²) in [5.74, 6) is 0.619. The average molecular weight is 349 g/mol. The summed E-state index contributed by atoms with van der Waals surface area (Å²) < 4.78 is 20.2. The zero-order valence-electron chi connectivity index (χ0n) is 15.6. The van der Waals surface area contributed by atoms with Crippen molar-refractivity contribution >= 4 is 7.59 Å². The highest BCUT2D eigenvalue weighted by molar-refractivity contribution is 7.56. The van der Waals surface area contributed by atoms with E-state index in [2.05, 4.69) is 28.9 Å². The monoisotopic (exact) mass is 349 g/mol. The highest BCUT2D eigenvalue weighted by Crippen LogP contribution is 2.60. The maximum absolute atomic E-state index is 14.0. The van der Waals surface area contributed by atoms with E-state index in [0.717, 1.165) is 13.0 Å². The van der Waals surface area contributed by atoms with Gasteiger partial charge in [0.2, 0.25) is 0 Å². The van der Waals surface area contributed by atoms with E-state index in [4.69, 9.17) is 0 Å². The minimum absolute atomic E-state index is 0.283. The molecule has 1 saturated carbocycles. The van der Waals surface area contributed by atoms with Gasteiger partial charge in [-0.05, 0) is 64.5 Å².